The largest absolute Gasteiger partial charge is 0.497 e. The van der Waals surface area contributed by atoms with Gasteiger partial charge in [0, 0.05) is 31.1 Å². The molecule has 0 fully saturated rings. The molecule has 0 aromatic heterocycles. The molecule has 0 atom stereocenters. The lowest BCUT2D eigenvalue weighted by molar-refractivity contribution is 0.246. The van der Waals surface area contributed by atoms with E-state index < -0.39 is 0 Å². The molecule has 0 saturated heterocycles. The van der Waals surface area contributed by atoms with E-state index in [-0.39, 0.29) is 0 Å². The second-order valence-corrected chi connectivity index (χ2v) is 7.67. The van der Waals surface area contributed by atoms with Gasteiger partial charge in [-0.25, -0.2) is 0 Å². The van der Waals surface area contributed by atoms with Gasteiger partial charge in [0.05, 0.1) is 7.11 Å². The van der Waals surface area contributed by atoms with Crippen molar-refractivity contribution in [1.82, 2.24) is 4.90 Å². The molecule has 0 saturated carbocycles. The molecule has 3 aromatic rings. The third-order valence-electron chi connectivity index (χ3n) is 4.82. The molecule has 0 bridgehead atoms. The maximum Gasteiger partial charge on any atom is 0.118 e. The summed E-state index contributed by atoms with van der Waals surface area (Å²) in [6.45, 7) is 3.25. The van der Waals surface area contributed by atoms with Crippen LogP contribution in [0.25, 0.3) is 0 Å². The average Bonchev–Trinajstić information content (AvgIpc) is 2.75. The predicted octanol–water partition coefficient (Wildman–Crippen LogP) is 5.08. The van der Waals surface area contributed by atoms with Gasteiger partial charge in [0.2, 0.25) is 0 Å². The molecule has 4 heteroatoms. The standard InChI is InChI=1S/C24H28N2OS/c1-27-23-13-11-21(12-14-23)17-26(16-20-9-7-19(15-25)8-10-20)18-22-5-3-4-6-24(22)28-2/h3-14H,15-18,25H2,1-2H3. The van der Waals surface area contributed by atoms with Crippen molar-refractivity contribution in [2.75, 3.05) is 13.4 Å². The fraction of sp³-hybridized carbons (Fsp3) is 0.250. The molecule has 0 aliphatic carbocycles. The van der Waals surface area contributed by atoms with Gasteiger partial charge in [-0.3, -0.25) is 4.90 Å². The van der Waals surface area contributed by atoms with E-state index in [4.69, 9.17) is 10.5 Å². The molecule has 0 radical (unpaired) electrons. The Morgan fingerprint density at radius 2 is 1.36 bits per heavy atom. The summed E-state index contributed by atoms with van der Waals surface area (Å²) in [5, 5.41) is 0. The van der Waals surface area contributed by atoms with E-state index >= 15 is 0 Å². The Kier molecular flexibility index (Phi) is 7.54. The van der Waals surface area contributed by atoms with Gasteiger partial charge in [-0.15, -0.1) is 11.8 Å². The molecule has 0 unspecified atom stereocenters. The Labute approximate surface area is 172 Å². The van der Waals surface area contributed by atoms with Crippen molar-refractivity contribution in [3.05, 3.63) is 95.1 Å². The van der Waals surface area contributed by atoms with Gasteiger partial charge in [-0.1, -0.05) is 54.6 Å². The maximum atomic E-state index is 5.74. The summed E-state index contributed by atoms with van der Waals surface area (Å²) in [5.41, 5.74) is 10.8. The van der Waals surface area contributed by atoms with Crippen molar-refractivity contribution in [2.45, 2.75) is 31.1 Å². The molecule has 3 nitrogen and oxygen atoms in total. The number of benzene rings is 3. The van der Waals surface area contributed by atoms with Gasteiger partial charge >= 0.3 is 0 Å². The van der Waals surface area contributed by atoms with E-state index in [1.54, 1.807) is 18.9 Å². The molecular weight excluding hydrogens is 364 g/mol. The first-order chi connectivity index (χ1) is 13.7. The second-order valence-electron chi connectivity index (χ2n) is 6.83. The van der Waals surface area contributed by atoms with E-state index in [0.717, 1.165) is 30.9 Å². The average molecular weight is 393 g/mol. The zero-order valence-corrected chi connectivity index (χ0v) is 17.4. The molecule has 0 aliphatic rings. The maximum absolute atomic E-state index is 5.74. The molecule has 0 spiro atoms. The van der Waals surface area contributed by atoms with Crippen molar-refractivity contribution in [2.24, 2.45) is 5.73 Å². The van der Waals surface area contributed by atoms with Gasteiger partial charge in [0.15, 0.2) is 0 Å². The number of hydrogen-bond donors (Lipinski definition) is 1. The van der Waals surface area contributed by atoms with Crippen LogP contribution in [0, 0.1) is 0 Å². The van der Waals surface area contributed by atoms with Crippen LogP contribution in [0.3, 0.4) is 0 Å². The summed E-state index contributed by atoms with van der Waals surface area (Å²) in [7, 11) is 1.70. The van der Waals surface area contributed by atoms with Crippen LogP contribution in [0.5, 0.6) is 5.75 Å². The van der Waals surface area contributed by atoms with Crippen molar-refractivity contribution in [1.29, 1.82) is 0 Å². The summed E-state index contributed by atoms with van der Waals surface area (Å²) in [6.07, 6.45) is 2.14. The fourth-order valence-electron chi connectivity index (χ4n) is 3.27. The first-order valence-corrected chi connectivity index (χ1v) is 10.7. The van der Waals surface area contributed by atoms with Gasteiger partial charge in [-0.05, 0) is 46.7 Å². The third kappa shape index (κ3) is 5.61. The Bertz CT molecular complexity index is 813. The van der Waals surface area contributed by atoms with Gasteiger partial charge in [0.1, 0.15) is 5.75 Å². The minimum Gasteiger partial charge on any atom is -0.497 e. The van der Waals surface area contributed by atoms with Crippen molar-refractivity contribution in [3.8, 4) is 5.75 Å². The fourth-order valence-corrected chi connectivity index (χ4v) is 3.88. The Hall–Kier alpha value is -2.27. The number of thioether (sulfide) groups is 1. The molecule has 28 heavy (non-hydrogen) atoms. The molecule has 146 valence electrons. The predicted molar refractivity (Wildman–Crippen MR) is 119 cm³/mol. The number of methoxy groups -OCH3 is 1. The first-order valence-electron chi connectivity index (χ1n) is 9.47. The van der Waals surface area contributed by atoms with E-state index in [1.807, 2.05) is 12.1 Å². The number of hydrogen-bond acceptors (Lipinski definition) is 4. The summed E-state index contributed by atoms with van der Waals surface area (Å²) >= 11 is 1.80. The van der Waals surface area contributed by atoms with Crippen molar-refractivity contribution in [3.63, 3.8) is 0 Å². The SMILES string of the molecule is COc1ccc(CN(Cc2ccc(CN)cc2)Cc2ccccc2SC)cc1. The van der Waals surface area contributed by atoms with E-state index in [9.17, 15) is 0 Å². The zero-order chi connectivity index (χ0) is 19.8. The van der Waals surface area contributed by atoms with Crippen LogP contribution in [0.2, 0.25) is 0 Å². The highest BCUT2D eigenvalue weighted by Gasteiger charge is 2.11. The van der Waals surface area contributed by atoms with E-state index in [1.165, 1.54) is 21.6 Å². The minimum atomic E-state index is 0.580. The highest BCUT2D eigenvalue weighted by atomic mass is 32.2. The molecule has 0 amide bonds. The summed E-state index contributed by atoms with van der Waals surface area (Å²) in [4.78, 5) is 3.81. The minimum absolute atomic E-state index is 0.580. The Morgan fingerprint density at radius 3 is 1.93 bits per heavy atom. The van der Waals surface area contributed by atoms with Crippen LogP contribution in [-0.2, 0) is 26.2 Å². The second kappa shape index (κ2) is 10.3. The summed E-state index contributed by atoms with van der Waals surface area (Å²) in [6, 6.07) is 25.6. The van der Waals surface area contributed by atoms with Gasteiger partial charge in [-0.2, -0.15) is 0 Å². The lowest BCUT2D eigenvalue weighted by atomic mass is 10.1. The van der Waals surface area contributed by atoms with Crippen molar-refractivity contribution >= 4 is 11.8 Å². The van der Waals surface area contributed by atoms with Crippen LogP contribution in [0.1, 0.15) is 22.3 Å². The molecule has 3 rings (SSSR count). The van der Waals surface area contributed by atoms with Crippen LogP contribution in [-0.4, -0.2) is 18.3 Å². The molecule has 0 aliphatic heterocycles. The molecule has 3 aromatic carbocycles. The highest BCUT2D eigenvalue weighted by Crippen LogP contribution is 2.23. The highest BCUT2D eigenvalue weighted by molar-refractivity contribution is 7.98. The lowest BCUT2D eigenvalue weighted by Gasteiger charge is -2.24. The normalized spacial score (nSPS) is 11.0. The molecular formula is C24H28N2OS. The van der Waals surface area contributed by atoms with Crippen molar-refractivity contribution < 1.29 is 4.74 Å². The zero-order valence-electron chi connectivity index (χ0n) is 16.6. The van der Waals surface area contributed by atoms with E-state index in [0.29, 0.717) is 6.54 Å². The molecule has 2 N–H and O–H groups in total. The lowest BCUT2D eigenvalue weighted by Crippen LogP contribution is -2.22. The van der Waals surface area contributed by atoms with Crippen LogP contribution >= 0.6 is 11.8 Å². The Balaban J connectivity index is 1.81. The quantitative estimate of drug-likeness (QED) is 0.516. The number of nitrogens with zero attached hydrogens (tertiary/aromatic N) is 1. The summed E-state index contributed by atoms with van der Waals surface area (Å²) < 4.78 is 5.29. The van der Waals surface area contributed by atoms with E-state index in [2.05, 4.69) is 71.8 Å². The number of nitrogens with two attached hydrogens (primary N) is 1. The molecule has 0 heterocycles. The van der Waals surface area contributed by atoms with Crippen LogP contribution in [0.15, 0.2) is 77.7 Å². The third-order valence-corrected chi connectivity index (χ3v) is 5.65. The van der Waals surface area contributed by atoms with Crippen LogP contribution in [0.4, 0.5) is 0 Å². The smallest absolute Gasteiger partial charge is 0.118 e. The summed E-state index contributed by atoms with van der Waals surface area (Å²) in [5.74, 6) is 0.889. The number of ether oxygens (including phenoxy) is 1. The monoisotopic (exact) mass is 392 g/mol. The first kappa shape index (κ1) is 20.5. The van der Waals surface area contributed by atoms with Crippen LogP contribution < -0.4 is 10.5 Å². The topological polar surface area (TPSA) is 38.5 Å². The van der Waals surface area contributed by atoms with Gasteiger partial charge < -0.3 is 10.5 Å². The number of rotatable bonds is 9. The Morgan fingerprint density at radius 1 is 0.786 bits per heavy atom. The van der Waals surface area contributed by atoms with Gasteiger partial charge in [0.25, 0.3) is 0 Å².